The van der Waals surface area contributed by atoms with Gasteiger partial charge in [0.25, 0.3) is 0 Å². The minimum atomic E-state index is -0.551. The molecule has 0 aliphatic carbocycles. The van der Waals surface area contributed by atoms with Crippen LogP contribution in [-0.4, -0.2) is 5.78 Å². The summed E-state index contributed by atoms with van der Waals surface area (Å²) in [5, 5.41) is 0. The molecule has 0 aliphatic rings. The summed E-state index contributed by atoms with van der Waals surface area (Å²) in [5.74, 6) is 0.138. The fourth-order valence-electron chi connectivity index (χ4n) is 2.34. The molecule has 0 saturated heterocycles. The van der Waals surface area contributed by atoms with Crippen LogP contribution >= 0.6 is 0 Å². The van der Waals surface area contributed by atoms with Crippen molar-refractivity contribution in [1.82, 2.24) is 0 Å². The van der Waals surface area contributed by atoms with Crippen LogP contribution in [0.3, 0.4) is 0 Å². The highest BCUT2D eigenvalue weighted by atomic mass is 16.1. The second kappa shape index (κ2) is 5.66. The third-order valence-electron chi connectivity index (χ3n) is 3.50. The van der Waals surface area contributed by atoms with Gasteiger partial charge < -0.3 is 0 Å². The number of carbonyl (C=O) groups excluding carboxylic acids is 1. The summed E-state index contributed by atoms with van der Waals surface area (Å²) < 4.78 is 0. The van der Waals surface area contributed by atoms with E-state index in [9.17, 15) is 4.79 Å². The first kappa shape index (κ1) is 13.3. The van der Waals surface area contributed by atoms with Crippen molar-refractivity contribution < 1.29 is 4.79 Å². The van der Waals surface area contributed by atoms with Crippen LogP contribution in [-0.2, 0) is 5.41 Å². The second-order valence-corrected chi connectivity index (χ2v) is 4.89. The summed E-state index contributed by atoms with van der Waals surface area (Å²) in [7, 11) is 0. The lowest BCUT2D eigenvalue weighted by Crippen LogP contribution is -2.32. The number of hydrogen-bond donors (Lipinski definition) is 0. The van der Waals surface area contributed by atoms with Gasteiger partial charge in [-0.3, -0.25) is 4.79 Å². The zero-order valence-electron chi connectivity index (χ0n) is 11.2. The molecule has 0 bridgehead atoms. The van der Waals surface area contributed by atoms with Crippen molar-refractivity contribution in [2.45, 2.75) is 18.8 Å². The molecular weight excluding hydrogens is 232 g/mol. The van der Waals surface area contributed by atoms with Crippen LogP contribution in [0.15, 0.2) is 73.3 Å². The van der Waals surface area contributed by atoms with Crippen molar-refractivity contribution in [3.63, 3.8) is 0 Å². The fraction of sp³-hybridized carbons (Fsp3) is 0.167. The Morgan fingerprint density at radius 3 is 2.11 bits per heavy atom. The van der Waals surface area contributed by atoms with Crippen molar-refractivity contribution in [3.05, 3.63) is 84.4 Å². The van der Waals surface area contributed by atoms with E-state index in [1.54, 1.807) is 0 Å². The van der Waals surface area contributed by atoms with E-state index < -0.39 is 5.41 Å². The molecule has 0 spiro atoms. The van der Waals surface area contributed by atoms with Gasteiger partial charge in [-0.15, -0.1) is 6.58 Å². The lowest BCUT2D eigenvalue weighted by Gasteiger charge is -2.27. The van der Waals surface area contributed by atoms with E-state index in [-0.39, 0.29) is 5.78 Å². The summed E-state index contributed by atoms with van der Waals surface area (Å²) in [6.07, 6.45) is 2.44. The first-order chi connectivity index (χ1) is 9.18. The lowest BCUT2D eigenvalue weighted by molar-refractivity contribution is 0.0897. The molecule has 1 nitrogen and oxygen atoms in total. The van der Waals surface area contributed by atoms with Gasteiger partial charge in [0, 0.05) is 5.56 Å². The van der Waals surface area contributed by atoms with Crippen LogP contribution in [0.4, 0.5) is 0 Å². The summed E-state index contributed by atoms with van der Waals surface area (Å²) in [6.45, 7) is 5.78. The van der Waals surface area contributed by atoms with E-state index in [4.69, 9.17) is 0 Å². The zero-order valence-corrected chi connectivity index (χ0v) is 11.2. The molecule has 1 atom stereocenters. The van der Waals surface area contributed by atoms with Gasteiger partial charge in [0.1, 0.15) is 0 Å². The van der Waals surface area contributed by atoms with Gasteiger partial charge in [-0.1, -0.05) is 66.7 Å². The molecule has 2 aromatic rings. The Morgan fingerprint density at radius 2 is 1.58 bits per heavy atom. The second-order valence-electron chi connectivity index (χ2n) is 4.89. The Hall–Kier alpha value is -2.15. The number of hydrogen-bond acceptors (Lipinski definition) is 1. The Morgan fingerprint density at radius 1 is 1.05 bits per heavy atom. The highest BCUT2D eigenvalue weighted by Gasteiger charge is 2.34. The van der Waals surface area contributed by atoms with E-state index in [1.165, 1.54) is 0 Å². The summed E-state index contributed by atoms with van der Waals surface area (Å²) in [4.78, 5) is 12.8. The molecule has 0 saturated carbocycles. The molecule has 2 rings (SSSR count). The van der Waals surface area contributed by atoms with Crippen LogP contribution in [0.1, 0.15) is 29.3 Å². The van der Waals surface area contributed by atoms with Crippen molar-refractivity contribution >= 4 is 5.78 Å². The Kier molecular flexibility index (Phi) is 3.96. The van der Waals surface area contributed by atoms with E-state index in [2.05, 4.69) is 6.58 Å². The monoisotopic (exact) mass is 250 g/mol. The van der Waals surface area contributed by atoms with Crippen molar-refractivity contribution in [2.75, 3.05) is 0 Å². The molecule has 0 N–H and O–H groups in total. The quantitative estimate of drug-likeness (QED) is 0.567. The van der Waals surface area contributed by atoms with Gasteiger partial charge in [0.2, 0.25) is 0 Å². The van der Waals surface area contributed by atoms with Gasteiger partial charge in [0.05, 0.1) is 5.41 Å². The molecule has 0 fully saturated rings. The SMILES string of the molecule is C=CC[C@](C)(C(=O)c1ccccc1)c1ccccc1. The molecule has 96 valence electrons. The number of Topliss-reactive ketones (excluding diaryl/α,β-unsaturated/α-hetero) is 1. The third kappa shape index (κ3) is 2.65. The predicted molar refractivity (Wildman–Crippen MR) is 79.4 cm³/mol. The molecule has 0 radical (unpaired) electrons. The van der Waals surface area contributed by atoms with Gasteiger partial charge in [-0.2, -0.15) is 0 Å². The maximum Gasteiger partial charge on any atom is 0.173 e. The van der Waals surface area contributed by atoms with Gasteiger partial charge in [-0.05, 0) is 18.9 Å². The Balaban J connectivity index is 2.46. The maximum atomic E-state index is 12.8. The summed E-state index contributed by atoms with van der Waals surface area (Å²) >= 11 is 0. The van der Waals surface area contributed by atoms with Gasteiger partial charge in [0.15, 0.2) is 5.78 Å². The molecule has 0 heterocycles. The molecule has 19 heavy (non-hydrogen) atoms. The van der Waals surface area contributed by atoms with Gasteiger partial charge in [-0.25, -0.2) is 0 Å². The number of allylic oxidation sites excluding steroid dienone is 1. The average molecular weight is 250 g/mol. The zero-order chi connectivity index (χ0) is 13.7. The van der Waals surface area contributed by atoms with Crippen LogP contribution in [0.2, 0.25) is 0 Å². The lowest BCUT2D eigenvalue weighted by atomic mass is 9.74. The molecule has 1 heteroatoms. The molecular formula is C18H18O. The van der Waals surface area contributed by atoms with Gasteiger partial charge >= 0.3 is 0 Å². The third-order valence-corrected chi connectivity index (χ3v) is 3.50. The topological polar surface area (TPSA) is 17.1 Å². The molecule has 0 amide bonds. The van der Waals surface area contributed by atoms with Crippen LogP contribution in [0.5, 0.6) is 0 Å². The highest BCUT2D eigenvalue weighted by molar-refractivity contribution is 6.03. The van der Waals surface area contributed by atoms with Crippen LogP contribution < -0.4 is 0 Å². The largest absolute Gasteiger partial charge is 0.293 e. The van der Waals surface area contributed by atoms with E-state index in [0.29, 0.717) is 6.42 Å². The maximum absolute atomic E-state index is 12.8. The Labute approximate surface area is 114 Å². The average Bonchev–Trinajstić information content (AvgIpc) is 2.48. The van der Waals surface area contributed by atoms with Crippen molar-refractivity contribution in [3.8, 4) is 0 Å². The molecule has 0 unspecified atom stereocenters. The first-order valence-electron chi connectivity index (χ1n) is 6.45. The minimum absolute atomic E-state index is 0.138. The normalized spacial score (nSPS) is 13.5. The number of rotatable bonds is 5. The smallest absolute Gasteiger partial charge is 0.173 e. The van der Waals surface area contributed by atoms with Crippen LogP contribution in [0, 0.1) is 0 Å². The predicted octanol–water partition coefficient (Wildman–Crippen LogP) is 4.40. The minimum Gasteiger partial charge on any atom is -0.293 e. The molecule has 0 aliphatic heterocycles. The molecule has 0 aromatic heterocycles. The summed E-state index contributed by atoms with van der Waals surface area (Å²) in [6, 6.07) is 19.4. The molecule has 2 aromatic carbocycles. The fourth-order valence-corrected chi connectivity index (χ4v) is 2.34. The standard InChI is InChI=1S/C18H18O/c1-3-14-18(2,16-12-8-5-9-13-16)17(19)15-10-6-4-7-11-15/h3-13H,1,14H2,2H3/t18-/m0/s1. The van der Waals surface area contributed by atoms with E-state index >= 15 is 0 Å². The van der Waals surface area contributed by atoms with E-state index in [0.717, 1.165) is 11.1 Å². The first-order valence-corrected chi connectivity index (χ1v) is 6.45. The summed E-state index contributed by atoms with van der Waals surface area (Å²) in [5.41, 5.74) is 1.23. The van der Waals surface area contributed by atoms with Crippen LogP contribution in [0.25, 0.3) is 0 Å². The Bertz CT molecular complexity index is 557. The highest BCUT2D eigenvalue weighted by Crippen LogP contribution is 2.31. The van der Waals surface area contributed by atoms with E-state index in [1.807, 2.05) is 73.7 Å². The number of carbonyl (C=O) groups is 1. The van der Waals surface area contributed by atoms with Crippen molar-refractivity contribution in [2.24, 2.45) is 0 Å². The van der Waals surface area contributed by atoms with Crippen molar-refractivity contribution in [1.29, 1.82) is 0 Å². The number of benzene rings is 2. The number of ketones is 1.